The SMILES string of the molecule is CCN(CC)P(=S)(c1nnc(P(=S)(N(CC)CC)N(CC)CC)n1/N=C/N(C)C)N(CC)CC. The third kappa shape index (κ3) is 6.17. The fourth-order valence-corrected chi connectivity index (χ4v) is 13.6. The van der Waals surface area contributed by atoms with E-state index in [4.69, 9.17) is 38.9 Å². The van der Waals surface area contributed by atoms with Crippen molar-refractivity contribution < 1.29 is 0 Å². The van der Waals surface area contributed by atoms with E-state index >= 15 is 0 Å². The molecule has 198 valence electrons. The van der Waals surface area contributed by atoms with Crippen LogP contribution < -0.4 is 11.1 Å². The van der Waals surface area contributed by atoms with Crippen LogP contribution >= 0.6 is 12.7 Å². The van der Waals surface area contributed by atoms with Gasteiger partial charge < -0.3 is 4.90 Å². The summed E-state index contributed by atoms with van der Waals surface area (Å²) < 4.78 is 11.4. The second kappa shape index (κ2) is 14.5. The summed E-state index contributed by atoms with van der Waals surface area (Å²) >= 11 is 13.1. The minimum Gasteiger partial charge on any atom is -0.367 e. The zero-order chi connectivity index (χ0) is 26.1. The predicted octanol–water partition coefficient (Wildman–Crippen LogP) is 2.87. The number of hydrogen-bond acceptors (Lipinski definition) is 5. The van der Waals surface area contributed by atoms with Gasteiger partial charge in [-0.2, -0.15) is 9.78 Å². The molecule has 0 bridgehead atoms. The first-order chi connectivity index (χ1) is 16.1. The van der Waals surface area contributed by atoms with Crippen LogP contribution in [0.5, 0.6) is 0 Å². The highest BCUT2D eigenvalue weighted by Crippen LogP contribution is 2.54. The molecular formula is C21H47N9P2S2. The number of nitrogens with zero attached hydrogens (tertiary/aromatic N) is 9. The van der Waals surface area contributed by atoms with E-state index in [9.17, 15) is 0 Å². The predicted molar refractivity (Wildman–Crippen MR) is 157 cm³/mol. The first-order valence-corrected chi connectivity index (χ1v) is 17.9. The van der Waals surface area contributed by atoms with E-state index in [0.717, 1.165) is 63.5 Å². The lowest BCUT2D eigenvalue weighted by atomic mass is 10.7. The van der Waals surface area contributed by atoms with Crippen LogP contribution in [0.1, 0.15) is 55.4 Å². The van der Waals surface area contributed by atoms with Gasteiger partial charge in [0.15, 0.2) is 0 Å². The molecule has 1 aromatic rings. The highest BCUT2D eigenvalue weighted by molar-refractivity contribution is 8.16. The Bertz CT molecular complexity index is 767. The highest BCUT2D eigenvalue weighted by atomic mass is 32.4. The molecule has 0 aromatic carbocycles. The van der Waals surface area contributed by atoms with Gasteiger partial charge in [-0.25, -0.2) is 0 Å². The van der Waals surface area contributed by atoms with Crippen LogP contribution in [0.4, 0.5) is 0 Å². The molecule has 0 aliphatic rings. The topological polar surface area (TPSA) is 59.3 Å². The van der Waals surface area contributed by atoms with Gasteiger partial charge in [0.25, 0.3) is 0 Å². The molecule has 34 heavy (non-hydrogen) atoms. The van der Waals surface area contributed by atoms with Gasteiger partial charge in [-0.05, 0) is 0 Å². The molecule has 0 N–H and O–H groups in total. The minimum atomic E-state index is -2.44. The van der Waals surface area contributed by atoms with Crippen molar-refractivity contribution in [1.82, 2.24) is 38.5 Å². The Morgan fingerprint density at radius 3 is 1.12 bits per heavy atom. The summed E-state index contributed by atoms with van der Waals surface area (Å²) in [7, 11) is 3.92. The third-order valence-electron chi connectivity index (χ3n) is 5.98. The Balaban J connectivity index is 4.13. The average molecular weight is 552 g/mol. The van der Waals surface area contributed by atoms with Crippen LogP contribution in [0.15, 0.2) is 5.10 Å². The lowest BCUT2D eigenvalue weighted by Gasteiger charge is -2.41. The van der Waals surface area contributed by atoms with Crippen molar-refractivity contribution in [1.29, 1.82) is 0 Å². The average Bonchev–Trinajstić information content (AvgIpc) is 3.25. The molecule has 13 heteroatoms. The lowest BCUT2D eigenvalue weighted by molar-refractivity contribution is 0.424. The van der Waals surface area contributed by atoms with Crippen LogP contribution in [-0.4, -0.2) is 111 Å². The van der Waals surface area contributed by atoms with E-state index < -0.39 is 12.7 Å². The lowest BCUT2D eigenvalue weighted by Crippen LogP contribution is -2.43. The van der Waals surface area contributed by atoms with E-state index in [1.165, 1.54) is 0 Å². The Morgan fingerprint density at radius 2 is 0.912 bits per heavy atom. The van der Waals surface area contributed by atoms with E-state index in [-0.39, 0.29) is 0 Å². The molecule has 1 rings (SSSR count). The molecular weight excluding hydrogens is 504 g/mol. The largest absolute Gasteiger partial charge is 0.367 e. The first-order valence-electron chi connectivity index (χ1n) is 12.5. The smallest absolute Gasteiger partial charge is 0.215 e. The Morgan fingerprint density at radius 1 is 0.647 bits per heavy atom. The van der Waals surface area contributed by atoms with Gasteiger partial charge in [0.05, 0.1) is 0 Å². The van der Waals surface area contributed by atoms with E-state index in [0.29, 0.717) is 0 Å². The summed E-state index contributed by atoms with van der Waals surface area (Å²) in [6, 6.07) is 0. The number of hydrogen-bond donors (Lipinski definition) is 0. The summed E-state index contributed by atoms with van der Waals surface area (Å²) in [4.78, 5) is 1.92. The monoisotopic (exact) mass is 551 g/mol. The molecule has 0 aliphatic carbocycles. The van der Waals surface area contributed by atoms with Gasteiger partial charge in [-0.3, -0.25) is 18.7 Å². The van der Waals surface area contributed by atoms with E-state index in [1.807, 2.05) is 23.7 Å². The van der Waals surface area contributed by atoms with Crippen molar-refractivity contribution >= 4 is 53.8 Å². The van der Waals surface area contributed by atoms with Gasteiger partial charge in [0.2, 0.25) is 11.1 Å². The molecule has 9 nitrogen and oxygen atoms in total. The zero-order valence-electron chi connectivity index (χ0n) is 23.0. The maximum absolute atomic E-state index is 6.56. The summed E-state index contributed by atoms with van der Waals surface area (Å²) in [6.45, 7) is 24.0. The molecule has 0 spiro atoms. The van der Waals surface area contributed by atoms with Crippen molar-refractivity contribution in [2.45, 2.75) is 55.4 Å². The summed E-state index contributed by atoms with van der Waals surface area (Å²) in [6.07, 6.45) is -3.09. The van der Waals surface area contributed by atoms with E-state index in [2.05, 4.69) is 74.1 Å². The third-order valence-corrected chi connectivity index (χ3v) is 16.7. The summed E-state index contributed by atoms with van der Waals surface area (Å²) in [5, 5.41) is 14.5. The Labute approximate surface area is 218 Å². The molecule has 1 aromatic heterocycles. The maximum atomic E-state index is 6.56. The number of aromatic nitrogens is 3. The number of rotatable bonds is 16. The molecule has 0 unspecified atom stereocenters. The summed E-state index contributed by atoms with van der Waals surface area (Å²) in [5.74, 6) is 0. The standard InChI is InChI=1S/C21H47N9P2S2/c1-11-26(12-2)31(33,27(13-3)14-4)20-23-24-21(30(20)22-19-25(9)10)32(34,28(15-5)16-6)29(17-7)18-8/h19H,11-18H2,1-10H3/b22-19+. The normalized spacial score (nSPS) is 13.4. The second-order valence-corrected chi connectivity index (χ2v) is 16.2. The highest BCUT2D eigenvalue weighted by Gasteiger charge is 2.42. The van der Waals surface area contributed by atoms with Crippen LogP contribution in [0.3, 0.4) is 0 Å². The molecule has 0 atom stereocenters. The molecule has 0 radical (unpaired) electrons. The maximum Gasteiger partial charge on any atom is 0.215 e. The first kappa shape index (κ1) is 31.8. The van der Waals surface area contributed by atoms with Crippen LogP contribution in [0.2, 0.25) is 0 Å². The van der Waals surface area contributed by atoms with Crippen molar-refractivity contribution in [2.24, 2.45) is 5.10 Å². The molecule has 1 heterocycles. The van der Waals surface area contributed by atoms with Crippen molar-refractivity contribution in [3.05, 3.63) is 0 Å². The quantitative estimate of drug-likeness (QED) is 0.175. The Hall–Kier alpha value is -0.250. The van der Waals surface area contributed by atoms with Gasteiger partial charge >= 0.3 is 0 Å². The molecule has 0 fully saturated rings. The Kier molecular flexibility index (Phi) is 13.5. The van der Waals surface area contributed by atoms with Crippen molar-refractivity contribution in [3.63, 3.8) is 0 Å². The van der Waals surface area contributed by atoms with Crippen LogP contribution in [0, 0.1) is 0 Å². The van der Waals surface area contributed by atoms with Crippen LogP contribution in [0.25, 0.3) is 0 Å². The van der Waals surface area contributed by atoms with Crippen molar-refractivity contribution in [2.75, 3.05) is 66.5 Å². The molecule has 0 saturated heterocycles. The van der Waals surface area contributed by atoms with Crippen molar-refractivity contribution in [3.8, 4) is 0 Å². The molecule has 0 aliphatic heterocycles. The van der Waals surface area contributed by atoms with Crippen LogP contribution in [-0.2, 0) is 23.6 Å². The van der Waals surface area contributed by atoms with E-state index in [1.54, 1.807) is 6.34 Å². The molecule has 0 amide bonds. The van der Waals surface area contributed by atoms with Gasteiger partial charge in [-0.1, -0.05) is 79.0 Å². The zero-order valence-corrected chi connectivity index (χ0v) is 26.4. The van der Waals surface area contributed by atoms with Gasteiger partial charge in [0, 0.05) is 66.5 Å². The molecule has 0 saturated carbocycles. The summed E-state index contributed by atoms with van der Waals surface area (Å²) in [5.41, 5.74) is 1.49. The second-order valence-electron chi connectivity index (χ2n) is 7.95. The van der Waals surface area contributed by atoms with Gasteiger partial charge in [-0.15, -0.1) is 10.2 Å². The minimum absolute atomic E-state index is 0.747. The fraction of sp³-hybridized carbons (Fsp3) is 0.857. The fourth-order valence-electron chi connectivity index (χ4n) is 4.18. The van der Waals surface area contributed by atoms with Gasteiger partial charge in [0.1, 0.15) is 19.0 Å².